The van der Waals surface area contributed by atoms with E-state index < -0.39 is 11.5 Å². The van der Waals surface area contributed by atoms with E-state index in [1.165, 1.54) is 0 Å². The van der Waals surface area contributed by atoms with E-state index >= 15 is 0 Å². The first kappa shape index (κ1) is 14.4. The molecule has 1 aliphatic heterocycles. The van der Waals surface area contributed by atoms with E-state index in [9.17, 15) is 9.90 Å². The summed E-state index contributed by atoms with van der Waals surface area (Å²) in [6.45, 7) is 9.61. The molecule has 2 rings (SSSR count). The minimum Gasteiger partial charge on any atom is -0.388 e. The first-order valence-corrected chi connectivity index (χ1v) is 6.76. The SMILES string of the molecule is CC1(C)C(=O)Nc2c(Cl)cc(C(O)C(C)(C)C)cc21. The molecule has 19 heavy (non-hydrogen) atoms. The summed E-state index contributed by atoms with van der Waals surface area (Å²) in [6.07, 6.45) is -0.623. The summed E-state index contributed by atoms with van der Waals surface area (Å²) < 4.78 is 0. The van der Waals surface area contributed by atoms with Gasteiger partial charge in [-0.05, 0) is 42.5 Å². The molecule has 0 aromatic heterocycles. The summed E-state index contributed by atoms with van der Waals surface area (Å²) >= 11 is 6.24. The highest BCUT2D eigenvalue weighted by Crippen LogP contribution is 2.44. The number of nitrogens with one attached hydrogen (secondary N) is 1. The second kappa shape index (κ2) is 4.22. The Kier molecular flexibility index (Phi) is 3.19. The largest absolute Gasteiger partial charge is 0.388 e. The molecule has 1 heterocycles. The van der Waals surface area contributed by atoms with Gasteiger partial charge in [-0.25, -0.2) is 0 Å². The van der Waals surface area contributed by atoms with Crippen molar-refractivity contribution in [2.24, 2.45) is 5.41 Å². The van der Waals surface area contributed by atoms with Crippen LogP contribution in [0.4, 0.5) is 5.69 Å². The van der Waals surface area contributed by atoms with Gasteiger partial charge in [-0.3, -0.25) is 4.79 Å². The highest BCUT2D eigenvalue weighted by Gasteiger charge is 2.40. The lowest BCUT2D eigenvalue weighted by atomic mass is 9.81. The van der Waals surface area contributed by atoms with E-state index in [-0.39, 0.29) is 11.3 Å². The van der Waals surface area contributed by atoms with Gasteiger partial charge in [0.05, 0.1) is 22.2 Å². The third kappa shape index (κ3) is 2.26. The van der Waals surface area contributed by atoms with Crippen LogP contribution in [-0.4, -0.2) is 11.0 Å². The van der Waals surface area contributed by atoms with Gasteiger partial charge in [-0.15, -0.1) is 0 Å². The lowest BCUT2D eigenvalue weighted by molar-refractivity contribution is -0.119. The Hall–Kier alpha value is -1.06. The molecule has 4 heteroatoms. The number of hydrogen-bond acceptors (Lipinski definition) is 2. The van der Waals surface area contributed by atoms with Crippen LogP contribution in [0.5, 0.6) is 0 Å². The normalized spacial score (nSPS) is 19.0. The molecule has 104 valence electrons. The highest BCUT2D eigenvalue weighted by molar-refractivity contribution is 6.35. The predicted octanol–water partition coefficient (Wildman–Crippen LogP) is 3.65. The number of benzene rings is 1. The summed E-state index contributed by atoms with van der Waals surface area (Å²) in [7, 11) is 0. The van der Waals surface area contributed by atoms with E-state index in [4.69, 9.17) is 11.6 Å². The van der Waals surface area contributed by atoms with Gasteiger partial charge in [0.15, 0.2) is 0 Å². The summed E-state index contributed by atoms with van der Waals surface area (Å²) in [5, 5.41) is 13.7. The topological polar surface area (TPSA) is 49.3 Å². The van der Waals surface area contributed by atoms with E-state index in [2.05, 4.69) is 5.32 Å². The van der Waals surface area contributed by atoms with Gasteiger partial charge >= 0.3 is 0 Å². The summed E-state index contributed by atoms with van der Waals surface area (Å²) in [4.78, 5) is 12.0. The molecule has 1 atom stereocenters. The van der Waals surface area contributed by atoms with Crippen molar-refractivity contribution in [2.75, 3.05) is 5.32 Å². The number of halogens is 1. The third-order valence-electron chi connectivity index (χ3n) is 3.73. The number of aliphatic hydroxyl groups excluding tert-OH is 1. The quantitative estimate of drug-likeness (QED) is 0.825. The van der Waals surface area contributed by atoms with Crippen molar-refractivity contribution in [3.05, 3.63) is 28.3 Å². The smallest absolute Gasteiger partial charge is 0.234 e. The van der Waals surface area contributed by atoms with Crippen LogP contribution in [0.25, 0.3) is 0 Å². The molecule has 1 aliphatic rings. The van der Waals surface area contributed by atoms with E-state index in [1.54, 1.807) is 6.07 Å². The van der Waals surface area contributed by atoms with Crippen LogP contribution in [0.3, 0.4) is 0 Å². The third-order valence-corrected chi connectivity index (χ3v) is 4.03. The summed E-state index contributed by atoms with van der Waals surface area (Å²) in [6, 6.07) is 3.62. The van der Waals surface area contributed by atoms with Crippen molar-refractivity contribution in [1.82, 2.24) is 0 Å². The Morgan fingerprint density at radius 1 is 1.32 bits per heavy atom. The number of rotatable bonds is 1. The molecule has 1 aromatic rings. The molecular weight excluding hydrogens is 262 g/mol. The number of fused-ring (bicyclic) bond motifs is 1. The van der Waals surface area contributed by atoms with Gasteiger partial charge in [-0.2, -0.15) is 0 Å². The monoisotopic (exact) mass is 281 g/mol. The van der Waals surface area contributed by atoms with Gasteiger partial charge in [0.2, 0.25) is 5.91 Å². The van der Waals surface area contributed by atoms with Crippen LogP contribution in [-0.2, 0) is 10.2 Å². The van der Waals surface area contributed by atoms with Gasteiger partial charge in [0.1, 0.15) is 0 Å². The van der Waals surface area contributed by atoms with Crippen LogP contribution < -0.4 is 5.32 Å². The van der Waals surface area contributed by atoms with Crippen LogP contribution in [0.2, 0.25) is 5.02 Å². The fourth-order valence-electron chi connectivity index (χ4n) is 2.30. The van der Waals surface area contributed by atoms with Crippen molar-refractivity contribution in [3.8, 4) is 0 Å². The first-order valence-electron chi connectivity index (χ1n) is 6.38. The average molecular weight is 282 g/mol. The molecule has 1 amide bonds. The van der Waals surface area contributed by atoms with Crippen molar-refractivity contribution in [2.45, 2.75) is 46.1 Å². The van der Waals surface area contributed by atoms with Gasteiger partial charge < -0.3 is 10.4 Å². The van der Waals surface area contributed by atoms with Crippen LogP contribution in [0.1, 0.15) is 51.8 Å². The molecule has 3 nitrogen and oxygen atoms in total. The van der Waals surface area contributed by atoms with Gasteiger partial charge in [0, 0.05) is 0 Å². The Morgan fingerprint density at radius 2 is 1.89 bits per heavy atom. The van der Waals surface area contributed by atoms with Crippen molar-refractivity contribution in [3.63, 3.8) is 0 Å². The minimum absolute atomic E-state index is 0.0631. The number of hydrogen-bond donors (Lipinski definition) is 2. The van der Waals surface area contributed by atoms with Crippen LogP contribution >= 0.6 is 11.6 Å². The molecule has 0 bridgehead atoms. The fraction of sp³-hybridized carbons (Fsp3) is 0.533. The maximum Gasteiger partial charge on any atom is 0.234 e. The average Bonchev–Trinajstić information content (AvgIpc) is 2.50. The number of carbonyl (C=O) groups excluding carboxylic acids is 1. The van der Waals surface area contributed by atoms with Gasteiger partial charge in [-0.1, -0.05) is 32.4 Å². The molecule has 1 unspecified atom stereocenters. The second-order valence-electron chi connectivity index (χ2n) is 6.77. The molecule has 0 fully saturated rings. The van der Waals surface area contributed by atoms with Crippen molar-refractivity contribution in [1.29, 1.82) is 0 Å². The molecule has 0 saturated carbocycles. The maximum atomic E-state index is 12.0. The Labute approximate surface area is 119 Å². The maximum absolute atomic E-state index is 12.0. The molecule has 0 saturated heterocycles. The zero-order chi connectivity index (χ0) is 14.6. The molecule has 2 N–H and O–H groups in total. The predicted molar refractivity (Wildman–Crippen MR) is 77.5 cm³/mol. The minimum atomic E-state index is -0.623. The van der Waals surface area contributed by atoms with E-state index in [0.717, 1.165) is 11.1 Å². The standard InChI is InChI=1S/C15H20ClNO2/c1-14(2,3)12(18)8-6-9-11(10(16)7-8)17-13(19)15(9,4)5/h6-7,12,18H,1-5H3,(H,17,19). The lowest BCUT2D eigenvalue weighted by Crippen LogP contribution is -2.27. The number of carbonyl (C=O) groups is 1. The van der Waals surface area contributed by atoms with Crippen LogP contribution in [0.15, 0.2) is 12.1 Å². The first-order chi connectivity index (χ1) is 8.55. The molecule has 0 radical (unpaired) electrons. The lowest BCUT2D eigenvalue weighted by Gasteiger charge is -2.27. The Morgan fingerprint density at radius 3 is 2.42 bits per heavy atom. The highest BCUT2D eigenvalue weighted by atomic mass is 35.5. The van der Waals surface area contributed by atoms with E-state index in [0.29, 0.717) is 10.7 Å². The fourth-order valence-corrected chi connectivity index (χ4v) is 2.57. The number of anilines is 1. The number of amides is 1. The van der Waals surface area contributed by atoms with Crippen LogP contribution in [0, 0.1) is 5.41 Å². The second-order valence-corrected chi connectivity index (χ2v) is 7.18. The molecule has 0 aliphatic carbocycles. The number of aliphatic hydroxyl groups is 1. The molecular formula is C15H20ClNO2. The van der Waals surface area contributed by atoms with Crippen molar-refractivity contribution >= 4 is 23.2 Å². The zero-order valence-corrected chi connectivity index (χ0v) is 12.7. The molecule has 0 spiro atoms. The van der Waals surface area contributed by atoms with Crippen molar-refractivity contribution < 1.29 is 9.90 Å². The summed E-state index contributed by atoms with van der Waals surface area (Å²) in [5.74, 6) is -0.0631. The Balaban J connectivity index is 2.57. The van der Waals surface area contributed by atoms with Gasteiger partial charge in [0.25, 0.3) is 0 Å². The molecule has 1 aromatic carbocycles. The summed E-state index contributed by atoms with van der Waals surface area (Å²) in [5.41, 5.74) is 1.37. The van der Waals surface area contributed by atoms with E-state index in [1.807, 2.05) is 40.7 Å². The zero-order valence-electron chi connectivity index (χ0n) is 12.0. The Bertz CT molecular complexity index is 544.